The molecule has 0 unspecified atom stereocenters. The summed E-state index contributed by atoms with van der Waals surface area (Å²) in [6, 6.07) is 19.0. The fourth-order valence-corrected chi connectivity index (χ4v) is 5.43. The topological polar surface area (TPSA) is 92.4 Å². The summed E-state index contributed by atoms with van der Waals surface area (Å²) in [7, 11) is -3.39. The molecule has 1 aromatic carbocycles. The van der Waals surface area contributed by atoms with Crippen molar-refractivity contribution in [1.29, 1.82) is 0 Å². The van der Waals surface area contributed by atoms with Crippen molar-refractivity contribution in [2.75, 3.05) is 15.9 Å². The highest BCUT2D eigenvalue weighted by Gasteiger charge is 2.42. The lowest BCUT2D eigenvalue weighted by atomic mass is 10.0. The van der Waals surface area contributed by atoms with Crippen LogP contribution in [-0.2, 0) is 16.6 Å². The van der Waals surface area contributed by atoms with Crippen LogP contribution in [0.4, 0.5) is 11.4 Å². The number of hydrogen-bond donors (Lipinski definition) is 2. The normalized spacial score (nSPS) is 18.0. The maximum Gasteiger partial charge on any atom is 0.229 e. The van der Waals surface area contributed by atoms with Gasteiger partial charge in [0.1, 0.15) is 11.8 Å². The number of furan rings is 1. The monoisotopic (exact) mass is 507 g/mol. The van der Waals surface area contributed by atoms with Gasteiger partial charge in [-0.05, 0) is 79.3 Å². The summed E-state index contributed by atoms with van der Waals surface area (Å²) < 4.78 is 33.8. The van der Waals surface area contributed by atoms with Crippen molar-refractivity contribution in [3.8, 4) is 0 Å². The predicted molar refractivity (Wildman–Crippen MR) is 140 cm³/mol. The Kier molecular flexibility index (Phi) is 6.08. The Morgan fingerprint density at radius 3 is 2.69 bits per heavy atom. The van der Waals surface area contributed by atoms with Crippen molar-refractivity contribution in [1.82, 2.24) is 14.9 Å². The van der Waals surface area contributed by atoms with Crippen LogP contribution in [0.3, 0.4) is 0 Å². The van der Waals surface area contributed by atoms with E-state index < -0.39 is 10.0 Å². The number of aryl methyl sites for hydroxylation is 1. The highest BCUT2D eigenvalue weighted by Crippen LogP contribution is 2.42. The lowest BCUT2D eigenvalue weighted by molar-refractivity contribution is 0.475. The van der Waals surface area contributed by atoms with Gasteiger partial charge in [-0.1, -0.05) is 6.07 Å². The van der Waals surface area contributed by atoms with Gasteiger partial charge in [0.15, 0.2) is 5.11 Å². The van der Waals surface area contributed by atoms with Gasteiger partial charge in [0.25, 0.3) is 0 Å². The number of hydrogen-bond acceptors (Lipinski definition) is 5. The molecule has 2 N–H and O–H groups in total. The van der Waals surface area contributed by atoms with Crippen LogP contribution in [0.5, 0.6) is 0 Å². The van der Waals surface area contributed by atoms with Gasteiger partial charge in [-0.2, -0.15) is 0 Å². The number of nitrogens with zero attached hydrogens (tertiary/aromatic N) is 3. The second-order valence-electron chi connectivity index (χ2n) is 8.51. The van der Waals surface area contributed by atoms with E-state index in [-0.39, 0.29) is 12.1 Å². The Morgan fingerprint density at radius 2 is 2.00 bits per heavy atom. The van der Waals surface area contributed by atoms with Gasteiger partial charge in [0, 0.05) is 23.8 Å². The van der Waals surface area contributed by atoms with Crippen LogP contribution in [0.25, 0.3) is 0 Å². The molecule has 3 aromatic heterocycles. The molecule has 0 amide bonds. The predicted octanol–water partition coefficient (Wildman–Crippen LogP) is 4.38. The van der Waals surface area contributed by atoms with Crippen molar-refractivity contribution >= 4 is 38.7 Å². The first kappa shape index (κ1) is 23.1. The van der Waals surface area contributed by atoms with Crippen LogP contribution in [0.1, 0.15) is 34.8 Å². The summed E-state index contributed by atoms with van der Waals surface area (Å²) in [6.45, 7) is 2.45. The molecule has 0 spiro atoms. The van der Waals surface area contributed by atoms with Gasteiger partial charge in [-0.15, -0.1) is 0 Å². The smallest absolute Gasteiger partial charge is 0.229 e. The van der Waals surface area contributed by atoms with Crippen LogP contribution in [0.15, 0.2) is 83.7 Å². The van der Waals surface area contributed by atoms with Gasteiger partial charge in [0.05, 0.1) is 36.5 Å². The summed E-state index contributed by atoms with van der Waals surface area (Å²) in [5.74, 6) is 0.851. The molecule has 1 aliphatic heterocycles. The number of aromatic nitrogens is 2. The minimum Gasteiger partial charge on any atom is -0.467 e. The van der Waals surface area contributed by atoms with Crippen molar-refractivity contribution in [3.05, 3.63) is 102 Å². The van der Waals surface area contributed by atoms with E-state index in [1.165, 1.54) is 0 Å². The number of thiocarbonyl (C=S) groups is 1. The summed E-state index contributed by atoms with van der Waals surface area (Å²) in [5, 5.41) is 4.03. The first-order valence-corrected chi connectivity index (χ1v) is 13.4. The average molecular weight is 508 g/mol. The number of sulfonamides is 1. The molecule has 1 fully saturated rings. The summed E-state index contributed by atoms with van der Waals surface area (Å²) in [4.78, 5) is 6.68. The summed E-state index contributed by atoms with van der Waals surface area (Å²) in [6.07, 6.45) is 6.61. The van der Waals surface area contributed by atoms with E-state index in [9.17, 15) is 8.42 Å². The molecule has 4 aromatic rings. The lowest BCUT2D eigenvalue weighted by Gasteiger charge is -2.29. The maximum atomic E-state index is 11.8. The van der Waals surface area contributed by atoms with E-state index in [4.69, 9.17) is 16.6 Å². The fraction of sp³-hybridized carbons (Fsp3) is 0.200. The Hall–Kier alpha value is -3.63. The number of rotatable bonds is 7. The van der Waals surface area contributed by atoms with E-state index in [2.05, 4.69) is 30.6 Å². The third kappa shape index (κ3) is 4.80. The fourth-order valence-electron chi connectivity index (χ4n) is 4.46. The number of benzene rings is 1. The van der Waals surface area contributed by atoms with Crippen LogP contribution in [0.2, 0.25) is 0 Å². The molecule has 4 heterocycles. The van der Waals surface area contributed by atoms with Crippen molar-refractivity contribution in [2.24, 2.45) is 0 Å². The Morgan fingerprint density at radius 1 is 1.14 bits per heavy atom. The lowest BCUT2D eigenvalue weighted by Crippen LogP contribution is -2.30. The third-order valence-corrected chi connectivity index (χ3v) is 6.86. The van der Waals surface area contributed by atoms with Gasteiger partial charge in [-0.25, -0.2) is 8.42 Å². The quantitative estimate of drug-likeness (QED) is 0.359. The largest absolute Gasteiger partial charge is 0.467 e. The summed E-state index contributed by atoms with van der Waals surface area (Å²) >= 11 is 5.82. The highest BCUT2D eigenvalue weighted by molar-refractivity contribution is 7.92. The second kappa shape index (κ2) is 9.20. The average Bonchev–Trinajstić information content (AvgIpc) is 3.56. The second-order valence-corrected chi connectivity index (χ2v) is 10.6. The first-order valence-electron chi connectivity index (χ1n) is 11.1. The molecule has 10 heteroatoms. The zero-order valence-corrected chi connectivity index (χ0v) is 20.9. The van der Waals surface area contributed by atoms with Crippen LogP contribution < -0.4 is 14.9 Å². The minimum absolute atomic E-state index is 0.192. The van der Waals surface area contributed by atoms with Crippen LogP contribution in [0, 0.1) is 6.92 Å². The third-order valence-electron chi connectivity index (χ3n) is 5.96. The van der Waals surface area contributed by atoms with Gasteiger partial charge < -0.3 is 19.2 Å². The molecule has 0 saturated carbocycles. The first-order chi connectivity index (χ1) is 16.8. The Bertz CT molecular complexity index is 1450. The van der Waals surface area contributed by atoms with Gasteiger partial charge in [-0.3, -0.25) is 9.71 Å². The molecule has 35 heavy (non-hydrogen) atoms. The van der Waals surface area contributed by atoms with Crippen LogP contribution >= 0.6 is 12.2 Å². The number of anilines is 2. The molecule has 0 bridgehead atoms. The molecule has 180 valence electrons. The minimum atomic E-state index is -3.39. The van der Waals surface area contributed by atoms with Crippen molar-refractivity contribution in [3.63, 3.8) is 0 Å². The molecule has 5 rings (SSSR count). The van der Waals surface area contributed by atoms with Gasteiger partial charge >= 0.3 is 0 Å². The standard InChI is InChI=1S/C25H25N5O3S2/c1-17-15-18(10-11-20(17)28-35(2,31)32)30-24(23(27-25(30)34)21-8-3-4-12-26-21)22-9-5-13-29(22)16-19-7-6-14-33-19/h3-15,23-24,28H,16H2,1-2H3,(H,27,34)/t23-,24+/m1/s1. The zero-order chi connectivity index (χ0) is 24.6. The molecular weight excluding hydrogens is 482 g/mol. The molecule has 2 atom stereocenters. The van der Waals surface area contributed by atoms with E-state index in [0.717, 1.165) is 34.7 Å². The number of pyridine rings is 1. The molecule has 1 aliphatic rings. The molecule has 0 aliphatic carbocycles. The molecular formula is C25H25N5O3S2. The SMILES string of the molecule is Cc1cc(N2C(=S)N[C@H](c3ccccn3)[C@@H]2c2cccn2Cc2ccco2)ccc1NS(C)(=O)=O. The van der Waals surface area contributed by atoms with E-state index in [1.807, 2.05) is 61.7 Å². The Labute approximate surface area is 209 Å². The summed E-state index contributed by atoms with van der Waals surface area (Å²) in [5.41, 5.74) is 4.10. The Balaban J connectivity index is 1.58. The van der Waals surface area contributed by atoms with Crippen molar-refractivity contribution < 1.29 is 12.8 Å². The van der Waals surface area contributed by atoms with Crippen molar-refractivity contribution in [2.45, 2.75) is 25.6 Å². The zero-order valence-electron chi connectivity index (χ0n) is 19.3. The highest BCUT2D eigenvalue weighted by atomic mass is 32.2. The van der Waals surface area contributed by atoms with E-state index >= 15 is 0 Å². The maximum absolute atomic E-state index is 11.8. The number of nitrogens with one attached hydrogen (secondary N) is 2. The molecule has 1 saturated heterocycles. The molecule has 8 nitrogen and oxygen atoms in total. The van der Waals surface area contributed by atoms with E-state index in [1.54, 1.807) is 18.5 Å². The van der Waals surface area contributed by atoms with E-state index in [0.29, 0.717) is 17.3 Å². The van der Waals surface area contributed by atoms with Gasteiger partial charge in [0.2, 0.25) is 10.0 Å². The van der Waals surface area contributed by atoms with Crippen LogP contribution in [-0.4, -0.2) is 29.3 Å². The molecule has 0 radical (unpaired) electrons.